The average Bonchev–Trinajstić information content (AvgIpc) is 3.20. The molecule has 5 rings (SSSR count). The maximum atomic E-state index is 12.7. The lowest BCUT2D eigenvalue weighted by Crippen LogP contribution is -2.49. The van der Waals surface area contributed by atoms with Gasteiger partial charge in [-0.05, 0) is 55.8 Å². The van der Waals surface area contributed by atoms with Gasteiger partial charge in [-0.25, -0.2) is 0 Å². The lowest BCUT2D eigenvalue weighted by molar-refractivity contribution is -0.174. The molecule has 0 amide bonds. The molecule has 4 fully saturated rings. The molecule has 3 heteroatoms. The Labute approximate surface area is 150 Å². The second-order valence-electron chi connectivity index (χ2n) is 9.05. The van der Waals surface area contributed by atoms with E-state index in [1.165, 1.54) is 5.57 Å². The lowest BCUT2D eigenvalue weighted by Gasteiger charge is -2.54. The van der Waals surface area contributed by atoms with E-state index in [4.69, 9.17) is 9.47 Å². The van der Waals surface area contributed by atoms with Crippen LogP contribution in [-0.2, 0) is 14.3 Å². The number of rotatable bonds is 1. The number of carbonyl (C=O) groups excluding carboxylic acids is 1. The largest absolute Gasteiger partial charge is 0.347 e. The van der Waals surface area contributed by atoms with Gasteiger partial charge in [-0.3, -0.25) is 4.79 Å². The molecule has 0 N–H and O–H groups in total. The zero-order valence-corrected chi connectivity index (χ0v) is 15.4. The molecule has 0 aromatic carbocycles. The van der Waals surface area contributed by atoms with E-state index in [9.17, 15) is 4.79 Å². The summed E-state index contributed by atoms with van der Waals surface area (Å²) < 4.78 is 12.0. The first kappa shape index (κ1) is 16.3. The quantitative estimate of drug-likeness (QED) is 0.661. The minimum Gasteiger partial charge on any atom is -0.347 e. The van der Waals surface area contributed by atoms with Crippen molar-refractivity contribution in [3.05, 3.63) is 23.8 Å². The molecular formula is C22H30O3. The van der Waals surface area contributed by atoms with Gasteiger partial charge in [-0.15, -0.1) is 0 Å². The van der Waals surface area contributed by atoms with Gasteiger partial charge in [0.1, 0.15) is 5.78 Å². The number of ketones is 1. The van der Waals surface area contributed by atoms with Gasteiger partial charge in [-0.1, -0.05) is 30.7 Å². The van der Waals surface area contributed by atoms with Crippen LogP contribution in [0.5, 0.6) is 0 Å². The Bertz CT molecular complexity index is 642. The van der Waals surface area contributed by atoms with Crippen molar-refractivity contribution in [2.45, 2.75) is 64.1 Å². The molecule has 136 valence electrons. The fraction of sp³-hybridized carbons (Fsp3) is 0.773. The fourth-order valence-electron chi connectivity index (χ4n) is 7.18. The maximum Gasteiger partial charge on any atom is 0.172 e. The average molecular weight is 342 g/mol. The standard InChI is InChI=1S/C22H30O3/c1-3-21-12-14(2)20-16-8-9-22(24-10-11-25-22)13-15(16)4-5-17(20)18(21)6-7-19(21)23/h4,16-18,20H,2-3,5-13H2,1H3/t16?,17?,18?,20?,21-/m0/s1. The molecule has 4 aliphatic carbocycles. The number of fused-ring (bicyclic) bond motifs is 5. The van der Waals surface area contributed by atoms with Crippen molar-refractivity contribution in [3.63, 3.8) is 0 Å². The highest BCUT2D eigenvalue weighted by molar-refractivity contribution is 5.88. The third-order valence-corrected chi connectivity index (χ3v) is 8.26. The smallest absolute Gasteiger partial charge is 0.172 e. The Balaban J connectivity index is 1.47. The van der Waals surface area contributed by atoms with Gasteiger partial charge in [0.25, 0.3) is 0 Å². The monoisotopic (exact) mass is 342 g/mol. The predicted molar refractivity (Wildman–Crippen MR) is 95.9 cm³/mol. The molecule has 1 aliphatic heterocycles. The van der Waals surface area contributed by atoms with Gasteiger partial charge in [0, 0.05) is 24.7 Å². The number of Topliss-reactive ketones (excluding diaryl/α,β-unsaturated/α-hetero) is 1. The molecule has 0 aromatic rings. The van der Waals surface area contributed by atoms with E-state index in [2.05, 4.69) is 19.6 Å². The molecule has 25 heavy (non-hydrogen) atoms. The Morgan fingerprint density at radius 3 is 2.80 bits per heavy atom. The summed E-state index contributed by atoms with van der Waals surface area (Å²) in [7, 11) is 0. The van der Waals surface area contributed by atoms with E-state index in [0.717, 1.165) is 64.6 Å². The van der Waals surface area contributed by atoms with Crippen molar-refractivity contribution in [2.24, 2.45) is 29.1 Å². The molecule has 4 unspecified atom stereocenters. The summed E-state index contributed by atoms with van der Waals surface area (Å²) in [5.74, 6) is 2.57. The van der Waals surface area contributed by atoms with E-state index >= 15 is 0 Å². The zero-order chi connectivity index (χ0) is 17.2. The van der Waals surface area contributed by atoms with Crippen LogP contribution in [0.25, 0.3) is 0 Å². The summed E-state index contributed by atoms with van der Waals surface area (Å²) in [6.07, 6.45) is 10.5. The molecule has 3 nitrogen and oxygen atoms in total. The highest BCUT2D eigenvalue weighted by atomic mass is 16.7. The highest BCUT2D eigenvalue weighted by Gasteiger charge is 2.59. The van der Waals surface area contributed by atoms with Gasteiger partial charge < -0.3 is 9.47 Å². The van der Waals surface area contributed by atoms with Gasteiger partial charge in [-0.2, -0.15) is 0 Å². The normalized spacial score (nSPS) is 45.1. The first-order valence-electron chi connectivity index (χ1n) is 10.3. The number of hydrogen-bond donors (Lipinski definition) is 0. The molecular weight excluding hydrogens is 312 g/mol. The van der Waals surface area contributed by atoms with E-state index in [1.54, 1.807) is 5.57 Å². The molecule has 5 atom stereocenters. The zero-order valence-electron chi connectivity index (χ0n) is 15.4. The van der Waals surface area contributed by atoms with Crippen molar-refractivity contribution in [1.29, 1.82) is 0 Å². The SMILES string of the molecule is C=C1C[C@]2(CC)C(=O)CCC2C2CC=C3CC4(CCC3C12)OCCO4. The van der Waals surface area contributed by atoms with Gasteiger partial charge in [0.2, 0.25) is 0 Å². The molecule has 0 bridgehead atoms. The van der Waals surface area contributed by atoms with Crippen LogP contribution in [0.2, 0.25) is 0 Å². The van der Waals surface area contributed by atoms with Crippen molar-refractivity contribution in [3.8, 4) is 0 Å². The number of hydrogen-bond acceptors (Lipinski definition) is 3. The van der Waals surface area contributed by atoms with Crippen LogP contribution >= 0.6 is 0 Å². The summed E-state index contributed by atoms with van der Waals surface area (Å²) in [5.41, 5.74) is 2.82. The second-order valence-corrected chi connectivity index (χ2v) is 9.05. The Morgan fingerprint density at radius 1 is 1.24 bits per heavy atom. The minimum atomic E-state index is -0.332. The van der Waals surface area contributed by atoms with E-state index in [0.29, 0.717) is 29.5 Å². The van der Waals surface area contributed by atoms with Crippen molar-refractivity contribution in [2.75, 3.05) is 13.2 Å². The first-order valence-corrected chi connectivity index (χ1v) is 10.3. The second kappa shape index (κ2) is 5.53. The van der Waals surface area contributed by atoms with Gasteiger partial charge >= 0.3 is 0 Å². The molecule has 1 saturated heterocycles. The van der Waals surface area contributed by atoms with Crippen LogP contribution in [-0.4, -0.2) is 24.8 Å². The molecule has 1 spiro atoms. The minimum absolute atomic E-state index is 0.0862. The van der Waals surface area contributed by atoms with Crippen LogP contribution in [0, 0.1) is 29.1 Å². The Morgan fingerprint density at radius 2 is 2.04 bits per heavy atom. The van der Waals surface area contributed by atoms with Crippen molar-refractivity contribution < 1.29 is 14.3 Å². The third-order valence-electron chi connectivity index (χ3n) is 8.26. The van der Waals surface area contributed by atoms with Crippen molar-refractivity contribution >= 4 is 5.78 Å². The molecule has 3 saturated carbocycles. The van der Waals surface area contributed by atoms with Gasteiger partial charge in [0.05, 0.1) is 13.2 Å². The lowest BCUT2D eigenvalue weighted by atomic mass is 9.50. The van der Waals surface area contributed by atoms with E-state index in [-0.39, 0.29) is 11.2 Å². The summed E-state index contributed by atoms with van der Waals surface area (Å²) in [6, 6.07) is 0. The fourth-order valence-corrected chi connectivity index (χ4v) is 7.18. The molecule has 1 heterocycles. The highest BCUT2D eigenvalue weighted by Crippen LogP contribution is 2.63. The number of ether oxygens (including phenoxy) is 2. The predicted octanol–water partition coefficient (Wildman–Crippen LogP) is 4.43. The number of allylic oxidation sites excluding steroid dienone is 2. The maximum absolute atomic E-state index is 12.7. The molecule has 0 radical (unpaired) electrons. The summed E-state index contributed by atoms with van der Waals surface area (Å²) in [6.45, 7) is 8.21. The van der Waals surface area contributed by atoms with E-state index in [1.807, 2.05) is 0 Å². The first-order chi connectivity index (χ1) is 12.1. The van der Waals surface area contributed by atoms with Crippen LogP contribution in [0.3, 0.4) is 0 Å². The van der Waals surface area contributed by atoms with Crippen LogP contribution in [0.1, 0.15) is 58.3 Å². The van der Waals surface area contributed by atoms with Crippen LogP contribution in [0.15, 0.2) is 23.8 Å². The summed E-state index contributed by atoms with van der Waals surface area (Å²) >= 11 is 0. The summed E-state index contributed by atoms with van der Waals surface area (Å²) in [4.78, 5) is 12.7. The summed E-state index contributed by atoms with van der Waals surface area (Å²) in [5, 5.41) is 0. The molecule has 5 aliphatic rings. The Kier molecular flexibility index (Phi) is 3.60. The Hall–Kier alpha value is -0.930. The molecule has 0 aromatic heterocycles. The third kappa shape index (κ3) is 2.15. The van der Waals surface area contributed by atoms with Crippen LogP contribution in [0.4, 0.5) is 0 Å². The number of carbonyl (C=O) groups is 1. The van der Waals surface area contributed by atoms with Gasteiger partial charge in [0.15, 0.2) is 5.79 Å². The van der Waals surface area contributed by atoms with E-state index < -0.39 is 0 Å². The van der Waals surface area contributed by atoms with Crippen molar-refractivity contribution in [1.82, 2.24) is 0 Å². The topological polar surface area (TPSA) is 35.5 Å². The van der Waals surface area contributed by atoms with Crippen LogP contribution < -0.4 is 0 Å².